The van der Waals surface area contributed by atoms with E-state index >= 15 is 0 Å². The van der Waals surface area contributed by atoms with E-state index in [1.807, 2.05) is 55.5 Å². The smallest absolute Gasteiger partial charge is 0.251 e. The Balaban J connectivity index is 2.01. The number of aromatic nitrogens is 2. The number of nitrogens with one attached hydrogen (secondary N) is 2. The van der Waals surface area contributed by atoms with Crippen LogP contribution in [-0.2, 0) is 4.79 Å². The van der Waals surface area contributed by atoms with Gasteiger partial charge < -0.3 is 10.6 Å². The number of likely N-dealkylation sites (N-methyl/N-ethyl adjacent to an activating group) is 1. The molecule has 0 fully saturated rings. The molecule has 0 bridgehead atoms. The number of amides is 1. The summed E-state index contributed by atoms with van der Waals surface area (Å²) in [6, 6.07) is 15.2. The summed E-state index contributed by atoms with van der Waals surface area (Å²) >= 11 is 6.06. The summed E-state index contributed by atoms with van der Waals surface area (Å²) in [5.74, 6) is 0.611. The molecule has 2 heterocycles. The zero-order chi connectivity index (χ0) is 17.6. The van der Waals surface area contributed by atoms with Gasteiger partial charge in [0.15, 0.2) is 0 Å². The second kappa shape index (κ2) is 5.93. The van der Waals surface area contributed by atoms with E-state index in [9.17, 15) is 4.79 Å². The van der Waals surface area contributed by atoms with Crippen LogP contribution in [0.25, 0.3) is 11.0 Å². The van der Waals surface area contributed by atoms with Crippen LogP contribution in [0.2, 0.25) is 5.02 Å². The number of hydrogen-bond donors (Lipinski definition) is 2. The van der Waals surface area contributed by atoms with E-state index in [1.54, 1.807) is 7.05 Å². The zero-order valence-electron chi connectivity index (χ0n) is 13.9. The molecule has 3 aromatic rings. The molecule has 0 spiro atoms. The number of imidazole rings is 1. The zero-order valence-corrected chi connectivity index (χ0v) is 14.6. The Labute approximate surface area is 150 Å². The summed E-state index contributed by atoms with van der Waals surface area (Å²) < 4.78 is 2.07. The molecule has 0 radical (unpaired) electrons. The summed E-state index contributed by atoms with van der Waals surface area (Å²) in [5.41, 5.74) is 4.30. The van der Waals surface area contributed by atoms with Gasteiger partial charge in [-0.15, -0.1) is 0 Å². The van der Waals surface area contributed by atoms with Crippen LogP contribution >= 0.6 is 11.6 Å². The van der Waals surface area contributed by atoms with Crippen molar-refractivity contribution in [2.45, 2.75) is 13.0 Å². The molecule has 1 amide bonds. The van der Waals surface area contributed by atoms with Crippen LogP contribution < -0.4 is 10.6 Å². The predicted molar refractivity (Wildman–Crippen MR) is 99.7 cm³/mol. The van der Waals surface area contributed by atoms with Gasteiger partial charge in [0, 0.05) is 17.8 Å². The minimum absolute atomic E-state index is 0.117. The molecule has 25 heavy (non-hydrogen) atoms. The Hall–Kier alpha value is -2.79. The third kappa shape index (κ3) is 2.48. The first-order valence-electron chi connectivity index (χ1n) is 8.02. The van der Waals surface area contributed by atoms with Crippen molar-refractivity contribution < 1.29 is 4.79 Å². The van der Waals surface area contributed by atoms with Crippen molar-refractivity contribution in [3.8, 4) is 0 Å². The maximum absolute atomic E-state index is 12.6. The van der Waals surface area contributed by atoms with Gasteiger partial charge in [0.2, 0.25) is 5.95 Å². The Morgan fingerprint density at radius 3 is 2.64 bits per heavy atom. The molecular weight excluding hydrogens is 336 g/mol. The average molecular weight is 353 g/mol. The SMILES string of the molecule is CNC(=O)C1=C(C)Nc2nc3ccccc3n2[C@@H]1c1ccc(Cl)cc1. The first-order valence-corrected chi connectivity index (χ1v) is 8.40. The number of anilines is 1. The van der Waals surface area contributed by atoms with Crippen molar-refractivity contribution in [3.63, 3.8) is 0 Å². The number of carbonyl (C=O) groups is 1. The molecule has 1 atom stereocenters. The van der Waals surface area contributed by atoms with E-state index in [0.29, 0.717) is 10.6 Å². The Kier molecular flexibility index (Phi) is 3.73. The van der Waals surface area contributed by atoms with Crippen molar-refractivity contribution in [2.24, 2.45) is 0 Å². The highest BCUT2D eigenvalue weighted by atomic mass is 35.5. The molecule has 1 aliphatic heterocycles. The number of nitrogens with zero attached hydrogens (tertiary/aromatic N) is 2. The van der Waals surface area contributed by atoms with Gasteiger partial charge in [0.05, 0.1) is 22.6 Å². The van der Waals surface area contributed by atoms with Gasteiger partial charge >= 0.3 is 0 Å². The molecule has 2 aromatic carbocycles. The highest BCUT2D eigenvalue weighted by molar-refractivity contribution is 6.30. The quantitative estimate of drug-likeness (QED) is 0.739. The maximum Gasteiger partial charge on any atom is 0.251 e. The Morgan fingerprint density at radius 1 is 1.20 bits per heavy atom. The third-order valence-corrected chi connectivity index (χ3v) is 4.74. The topological polar surface area (TPSA) is 59.0 Å². The Bertz CT molecular complexity index is 1000. The summed E-state index contributed by atoms with van der Waals surface area (Å²) in [7, 11) is 1.64. The molecule has 2 N–H and O–H groups in total. The summed E-state index contributed by atoms with van der Waals surface area (Å²) in [4.78, 5) is 17.3. The van der Waals surface area contributed by atoms with Gasteiger partial charge in [-0.05, 0) is 36.8 Å². The number of hydrogen-bond acceptors (Lipinski definition) is 3. The van der Waals surface area contributed by atoms with E-state index in [0.717, 1.165) is 28.2 Å². The molecule has 1 aromatic heterocycles. The van der Waals surface area contributed by atoms with E-state index < -0.39 is 0 Å². The lowest BCUT2D eigenvalue weighted by atomic mass is 9.94. The lowest BCUT2D eigenvalue weighted by Crippen LogP contribution is -2.33. The monoisotopic (exact) mass is 352 g/mol. The largest absolute Gasteiger partial charge is 0.355 e. The Morgan fingerprint density at radius 2 is 1.92 bits per heavy atom. The number of carbonyl (C=O) groups excluding carboxylic acids is 1. The molecule has 5 nitrogen and oxygen atoms in total. The predicted octanol–water partition coefficient (Wildman–Crippen LogP) is 3.72. The second-order valence-electron chi connectivity index (χ2n) is 5.99. The van der Waals surface area contributed by atoms with Crippen LogP contribution in [0, 0.1) is 0 Å². The summed E-state index contributed by atoms with van der Waals surface area (Å²) in [6.07, 6.45) is 0. The van der Waals surface area contributed by atoms with Crippen LogP contribution in [0.15, 0.2) is 59.8 Å². The van der Waals surface area contributed by atoms with Gasteiger partial charge in [-0.25, -0.2) is 4.98 Å². The molecule has 6 heteroatoms. The minimum Gasteiger partial charge on any atom is -0.355 e. The van der Waals surface area contributed by atoms with Crippen LogP contribution in [0.5, 0.6) is 0 Å². The van der Waals surface area contributed by atoms with Crippen molar-refractivity contribution >= 4 is 34.5 Å². The van der Waals surface area contributed by atoms with Crippen LogP contribution in [0.4, 0.5) is 5.95 Å². The minimum atomic E-state index is -0.277. The van der Waals surface area contributed by atoms with Crippen LogP contribution in [-0.4, -0.2) is 22.5 Å². The molecule has 1 aliphatic rings. The van der Waals surface area contributed by atoms with E-state index in [4.69, 9.17) is 11.6 Å². The molecule has 4 rings (SSSR count). The van der Waals surface area contributed by atoms with Crippen molar-refractivity contribution in [1.29, 1.82) is 0 Å². The standard InChI is InChI=1S/C19H17ClN4O/c1-11-16(18(25)21-2)17(12-7-9-13(20)10-8-12)24-15-6-4-3-5-14(15)23-19(24)22-11/h3-10,17H,1-2H3,(H,21,25)(H,22,23)/t17-/m1/s1. The highest BCUT2D eigenvalue weighted by Crippen LogP contribution is 2.39. The van der Waals surface area contributed by atoms with Crippen molar-refractivity contribution in [1.82, 2.24) is 14.9 Å². The normalized spacial score (nSPS) is 16.5. The van der Waals surface area contributed by atoms with Crippen LogP contribution in [0.3, 0.4) is 0 Å². The van der Waals surface area contributed by atoms with E-state index in [2.05, 4.69) is 20.2 Å². The third-order valence-electron chi connectivity index (χ3n) is 4.49. The lowest BCUT2D eigenvalue weighted by molar-refractivity contribution is -0.117. The number of allylic oxidation sites excluding steroid dienone is 1. The van der Waals surface area contributed by atoms with Gasteiger partial charge in [0.25, 0.3) is 5.91 Å². The fraction of sp³-hybridized carbons (Fsp3) is 0.158. The van der Waals surface area contributed by atoms with Crippen molar-refractivity contribution in [2.75, 3.05) is 12.4 Å². The number of fused-ring (bicyclic) bond motifs is 3. The fourth-order valence-corrected chi connectivity index (χ4v) is 3.48. The molecule has 0 saturated carbocycles. The maximum atomic E-state index is 12.6. The number of benzene rings is 2. The molecule has 0 aliphatic carbocycles. The first kappa shape index (κ1) is 15.7. The van der Waals surface area contributed by atoms with Gasteiger partial charge in [0.1, 0.15) is 0 Å². The molecule has 0 saturated heterocycles. The van der Waals surface area contributed by atoms with E-state index in [1.165, 1.54) is 0 Å². The molecule has 126 valence electrons. The summed E-state index contributed by atoms with van der Waals surface area (Å²) in [6.45, 7) is 1.90. The fourth-order valence-electron chi connectivity index (χ4n) is 3.35. The number of halogens is 1. The van der Waals surface area contributed by atoms with Gasteiger partial charge in [-0.3, -0.25) is 9.36 Å². The highest BCUT2D eigenvalue weighted by Gasteiger charge is 2.33. The average Bonchev–Trinajstić information content (AvgIpc) is 2.98. The summed E-state index contributed by atoms with van der Waals surface area (Å²) in [5, 5.41) is 6.68. The van der Waals surface area contributed by atoms with Crippen LogP contribution in [0.1, 0.15) is 18.5 Å². The second-order valence-corrected chi connectivity index (χ2v) is 6.43. The van der Waals surface area contributed by atoms with Gasteiger partial charge in [-0.1, -0.05) is 35.9 Å². The lowest BCUT2D eigenvalue weighted by Gasteiger charge is -2.30. The first-order chi connectivity index (χ1) is 12.1. The molecule has 0 unspecified atom stereocenters. The number of rotatable bonds is 2. The van der Waals surface area contributed by atoms with Crippen molar-refractivity contribution in [3.05, 3.63) is 70.4 Å². The van der Waals surface area contributed by atoms with E-state index in [-0.39, 0.29) is 11.9 Å². The number of para-hydroxylation sites is 2. The van der Waals surface area contributed by atoms with Gasteiger partial charge in [-0.2, -0.15) is 0 Å². The molecular formula is C19H17ClN4O.